The van der Waals surface area contributed by atoms with Crippen LogP contribution >= 0.6 is 34.2 Å². The maximum atomic E-state index is 13.3. The maximum Gasteiger partial charge on any atom is 0.266 e. The van der Waals surface area contributed by atoms with Crippen molar-refractivity contribution in [3.8, 4) is 5.69 Å². The zero-order chi connectivity index (χ0) is 18.8. The van der Waals surface area contributed by atoms with Crippen molar-refractivity contribution in [1.29, 1.82) is 0 Å². The molecule has 4 nitrogen and oxygen atoms in total. The maximum absolute atomic E-state index is 13.3. The Hall–Kier alpha value is -2.51. The number of benzene rings is 2. The number of pyridine rings is 1. The van der Waals surface area contributed by atoms with Gasteiger partial charge >= 0.3 is 0 Å². The number of aromatic nitrogens is 3. The van der Waals surface area contributed by atoms with Gasteiger partial charge in [-0.1, -0.05) is 29.8 Å². The van der Waals surface area contributed by atoms with Gasteiger partial charge in [-0.15, -0.1) is 0 Å². The van der Waals surface area contributed by atoms with E-state index in [9.17, 15) is 4.79 Å². The van der Waals surface area contributed by atoms with E-state index in [-0.39, 0.29) is 5.56 Å². The summed E-state index contributed by atoms with van der Waals surface area (Å²) in [6, 6.07) is 18.5. The first kappa shape index (κ1) is 17.9. The SMILES string of the molecule is O=c1c2cc(I)ccc2nc(C=Cc2ccccn2)n1-c1ccccc1Cl. The fourth-order valence-electron chi connectivity index (χ4n) is 2.79. The second kappa shape index (κ2) is 7.62. The minimum absolute atomic E-state index is 0.160. The van der Waals surface area contributed by atoms with E-state index < -0.39 is 0 Å². The topological polar surface area (TPSA) is 47.8 Å². The predicted octanol–water partition coefficient (Wildman–Crippen LogP) is 5.21. The lowest BCUT2D eigenvalue weighted by Crippen LogP contribution is -2.22. The standard InChI is InChI=1S/C21H13ClIN3O/c22-17-6-1-2-7-19(17)26-20(11-9-15-5-3-4-12-24-15)25-18-10-8-14(23)13-16(18)21(26)27/h1-13H. The molecule has 0 atom stereocenters. The van der Waals surface area contributed by atoms with Gasteiger partial charge < -0.3 is 0 Å². The third-order valence-corrected chi connectivity index (χ3v) is 5.03. The summed E-state index contributed by atoms with van der Waals surface area (Å²) in [5.74, 6) is 0.493. The van der Waals surface area contributed by atoms with Crippen LogP contribution < -0.4 is 5.56 Å². The first-order chi connectivity index (χ1) is 13.1. The number of halogens is 2. The molecule has 0 saturated heterocycles. The number of para-hydroxylation sites is 1. The Labute approximate surface area is 174 Å². The normalized spacial score (nSPS) is 11.3. The average Bonchev–Trinajstić information content (AvgIpc) is 2.69. The van der Waals surface area contributed by atoms with Gasteiger partial charge in [-0.05, 0) is 77.2 Å². The van der Waals surface area contributed by atoms with Crippen molar-refractivity contribution in [2.45, 2.75) is 0 Å². The van der Waals surface area contributed by atoms with Crippen molar-refractivity contribution in [1.82, 2.24) is 14.5 Å². The zero-order valence-electron chi connectivity index (χ0n) is 14.0. The van der Waals surface area contributed by atoms with Crippen LogP contribution in [0.1, 0.15) is 11.5 Å². The van der Waals surface area contributed by atoms with Crippen molar-refractivity contribution >= 4 is 57.2 Å². The summed E-state index contributed by atoms with van der Waals surface area (Å²) in [7, 11) is 0. The Bertz CT molecular complexity index is 1220. The second-order valence-corrected chi connectivity index (χ2v) is 7.46. The molecule has 132 valence electrons. The Balaban J connectivity index is 2.00. The fourth-order valence-corrected chi connectivity index (χ4v) is 3.50. The van der Waals surface area contributed by atoms with E-state index in [1.54, 1.807) is 22.9 Å². The van der Waals surface area contributed by atoms with Gasteiger partial charge in [0.25, 0.3) is 5.56 Å². The van der Waals surface area contributed by atoms with Gasteiger partial charge in [0.05, 0.1) is 27.3 Å². The van der Waals surface area contributed by atoms with Crippen LogP contribution in [0.2, 0.25) is 5.02 Å². The van der Waals surface area contributed by atoms with Crippen LogP contribution in [0, 0.1) is 3.57 Å². The van der Waals surface area contributed by atoms with E-state index in [0.717, 1.165) is 9.26 Å². The lowest BCUT2D eigenvalue weighted by Gasteiger charge is -2.13. The highest BCUT2D eigenvalue weighted by Gasteiger charge is 2.13. The van der Waals surface area contributed by atoms with E-state index in [4.69, 9.17) is 16.6 Å². The summed E-state index contributed by atoms with van der Waals surface area (Å²) >= 11 is 8.56. The minimum Gasteiger partial charge on any atom is -0.268 e. The number of nitrogens with zero attached hydrogens (tertiary/aromatic N) is 3. The van der Waals surface area contributed by atoms with E-state index in [2.05, 4.69) is 27.6 Å². The van der Waals surface area contributed by atoms with Gasteiger partial charge in [-0.2, -0.15) is 0 Å². The van der Waals surface area contributed by atoms with Crippen molar-refractivity contribution in [3.05, 3.63) is 97.3 Å². The summed E-state index contributed by atoms with van der Waals surface area (Å²) in [5.41, 5.74) is 1.86. The molecule has 0 aliphatic heterocycles. The third kappa shape index (κ3) is 3.65. The molecule has 27 heavy (non-hydrogen) atoms. The van der Waals surface area contributed by atoms with E-state index >= 15 is 0 Å². The van der Waals surface area contributed by atoms with E-state index in [1.165, 1.54) is 0 Å². The highest BCUT2D eigenvalue weighted by molar-refractivity contribution is 14.1. The monoisotopic (exact) mass is 485 g/mol. The zero-order valence-corrected chi connectivity index (χ0v) is 16.9. The summed E-state index contributed by atoms with van der Waals surface area (Å²) in [5, 5.41) is 1.04. The molecular formula is C21H13ClIN3O. The molecular weight excluding hydrogens is 473 g/mol. The van der Waals surface area contributed by atoms with Gasteiger partial charge in [0, 0.05) is 9.77 Å². The molecule has 4 rings (SSSR count). The van der Waals surface area contributed by atoms with Crippen LogP contribution in [0.4, 0.5) is 0 Å². The van der Waals surface area contributed by atoms with E-state index in [1.807, 2.05) is 60.7 Å². The highest BCUT2D eigenvalue weighted by atomic mass is 127. The first-order valence-corrected chi connectivity index (χ1v) is 9.65. The molecule has 2 aromatic heterocycles. The Morgan fingerprint density at radius 3 is 2.59 bits per heavy atom. The smallest absolute Gasteiger partial charge is 0.266 e. The van der Waals surface area contributed by atoms with Gasteiger partial charge in [0.15, 0.2) is 0 Å². The van der Waals surface area contributed by atoms with Crippen molar-refractivity contribution in [2.24, 2.45) is 0 Å². The number of fused-ring (bicyclic) bond motifs is 1. The third-order valence-electron chi connectivity index (χ3n) is 4.04. The van der Waals surface area contributed by atoms with E-state index in [0.29, 0.717) is 27.4 Å². The second-order valence-electron chi connectivity index (χ2n) is 5.81. The van der Waals surface area contributed by atoms with Crippen molar-refractivity contribution < 1.29 is 0 Å². The molecule has 2 aromatic carbocycles. The minimum atomic E-state index is -0.160. The van der Waals surface area contributed by atoms with Crippen LogP contribution in [-0.2, 0) is 0 Å². The Morgan fingerprint density at radius 1 is 1.00 bits per heavy atom. The molecule has 0 radical (unpaired) electrons. The van der Waals surface area contributed by atoms with Crippen LogP contribution in [0.25, 0.3) is 28.7 Å². The Kier molecular flexibility index (Phi) is 5.05. The van der Waals surface area contributed by atoms with Crippen LogP contribution in [-0.4, -0.2) is 14.5 Å². The molecule has 0 unspecified atom stereocenters. The molecule has 0 saturated carbocycles. The van der Waals surface area contributed by atoms with Crippen LogP contribution in [0.5, 0.6) is 0 Å². The summed E-state index contributed by atoms with van der Waals surface area (Å²) in [6.07, 6.45) is 5.33. The molecule has 0 amide bonds. The Morgan fingerprint density at radius 2 is 1.81 bits per heavy atom. The van der Waals surface area contributed by atoms with Gasteiger partial charge in [0.1, 0.15) is 5.82 Å². The molecule has 2 heterocycles. The van der Waals surface area contributed by atoms with Gasteiger partial charge in [-0.3, -0.25) is 14.3 Å². The predicted molar refractivity (Wildman–Crippen MR) is 118 cm³/mol. The lowest BCUT2D eigenvalue weighted by molar-refractivity contribution is 0.944. The van der Waals surface area contributed by atoms with Crippen LogP contribution in [0.3, 0.4) is 0 Å². The largest absolute Gasteiger partial charge is 0.268 e. The van der Waals surface area contributed by atoms with Crippen LogP contribution in [0.15, 0.2) is 71.7 Å². The molecule has 6 heteroatoms. The van der Waals surface area contributed by atoms with Crippen molar-refractivity contribution in [3.63, 3.8) is 0 Å². The highest BCUT2D eigenvalue weighted by Crippen LogP contribution is 2.22. The molecule has 0 spiro atoms. The molecule has 0 aliphatic rings. The molecule has 0 fully saturated rings. The fraction of sp³-hybridized carbons (Fsp3) is 0. The summed E-state index contributed by atoms with van der Waals surface area (Å²) < 4.78 is 2.52. The number of hydrogen-bond donors (Lipinski definition) is 0. The van der Waals surface area contributed by atoms with Gasteiger partial charge in [-0.25, -0.2) is 4.98 Å². The molecule has 0 N–H and O–H groups in total. The molecule has 4 aromatic rings. The van der Waals surface area contributed by atoms with Crippen molar-refractivity contribution in [2.75, 3.05) is 0 Å². The van der Waals surface area contributed by atoms with Gasteiger partial charge in [0.2, 0.25) is 0 Å². The first-order valence-electron chi connectivity index (χ1n) is 8.20. The summed E-state index contributed by atoms with van der Waals surface area (Å²) in [4.78, 5) is 22.3. The number of rotatable bonds is 3. The molecule has 0 bridgehead atoms. The molecule has 0 aliphatic carbocycles. The lowest BCUT2D eigenvalue weighted by atomic mass is 10.2. The number of hydrogen-bond acceptors (Lipinski definition) is 3. The summed E-state index contributed by atoms with van der Waals surface area (Å²) in [6.45, 7) is 0. The average molecular weight is 486 g/mol. The quantitative estimate of drug-likeness (QED) is 0.374.